The van der Waals surface area contributed by atoms with Gasteiger partial charge in [-0.1, -0.05) is 13.3 Å². The molecular weight excluding hydrogens is 194 g/mol. The lowest BCUT2D eigenvalue weighted by molar-refractivity contribution is 0.0953. The number of carbonyl (C=O) groups is 1. The Bertz CT molecular complexity index is 317. The van der Waals surface area contributed by atoms with Crippen molar-refractivity contribution < 1.29 is 4.79 Å². The summed E-state index contributed by atoms with van der Waals surface area (Å²) >= 11 is 1.68. The van der Waals surface area contributed by atoms with Crippen LogP contribution in [0.25, 0.3) is 0 Å². The van der Waals surface area contributed by atoms with E-state index in [9.17, 15) is 4.79 Å². The van der Waals surface area contributed by atoms with Crippen LogP contribution in [0.2, 0.25) is 0 Å². The van der Waals surface area contributed by atoms with E-state index in [0.717, 1.165) is 29.8 Å². The van der Waals surface area contributed by atoms with E-state index in [0.29, 0.717) is 0 Å². The monoisotopic (exact) mass is 211 g/mol. The first kappa shape index (κ1) is 11.2. The number of unbranched alkanes of at least 4 members (excludes halogenated alkanes) is 1. The molecule has 1 aromatic heterocycles. The van der Waals surface area contributed by atoms with Gasteiger partial charge >= 0.3 is 0 Å². The predicted octanol–water partition coefficient (Wildman–Crippen LogP) is 2.89. The van der Waals surface area contributed by atoms with Crippen LogP contribution in [0.1, 0.15) is 39.9 Å². The predicted molar refractivity (Wildman–Crippen MR) is 61.0 cm³/mol. The van der Waals surface area contributed by atoms with Crippen LogP contribution in [0.5, 0.6) is 0 Å². The van der Waals surface area contributed by atoms with Gasteiger partial charge in [0.2, 0.25) is 0 Å². The minimum absolute atomic E-state index is 0.0697. The summed E-state index contributed by atoms with van der Waals surface area (Å²) in [4.78, 5) is 14.0. The Kier molecular flexibility index (Phi) is 4.14. The van der Waals surface area contributed by atoms with Crippen LogP contribution < -0.4 is 5.32 Å². The highest BCUT2D eigenvalue weighted by molar-refractivity contribution is 7.12. The molecule has 0 saturated heterocycles. The summed E-state index contributed by atoms with van der Waals surface area (Å²) < 4.78 is 0. The zero-order valence-corrected chi connectivity index (χ0v) is 9.83. The Labute approximate surface area is 89.3 Å². The molecule has 0 bridgehead atoms. The fourth-order valence-electron chi connectivity index (χ4n) is 1.33. The van der Waals surface area contributed by atoms with Crippen molar-refractivity contribution in [1.29, 1.82) is 0 Å². The van der Waals surface area contributed by atoms with E-state index in [1.807, 2.05) is 19.9 Å². The molecule has 2 nitrogen and oxygen atoms in total. The first-order chi connectivity index (χ1) is 6.65. The standard InChI is InChI=1S/C11H17NOS/c1-4-5-6-12-11(13)10-7-8(2)14-9(10)3/h7H,4-6H2,1-3H3,(H,12,13). The molecule has 1 N–H and O–H groups in total. The molecule has 1 amide bonds. The van der Waals surface area contributed by atoms with Crippen molar-refractivity contribution in [3.05, 3.63) is 21.4 Å². The summed E-state index contributed by atoms with van der Waals surface area (Å²) in [7, 11) is 0. The molecule has 0 unspecified atom stereocenters. The molecule has 3 heteroatoms. The second kappa shape index (κ2) is 5.15. The molecule has 1 heterocycles. The minimum Gasteiger partial charge on any atom is -0.352 e. The normalized spacial score (nSPS) is 10.2. The fourth-order valence-corrected chi connectivity index (χ4v) is 2.25. The number of rotatable bonds is 4. The van der Waals surface area contributed by atoms with Crippen LogP contribution >= 0.6 is 11.3 Å². The van der Waals surface area contributed by atoms with Crippen molar-refractivity contribution in [2.75, 3.05) is 6.54 Å². The van der Waals surface area contributed by atoms with Gasteiger partial charge in [0, 0.05) is 16.3 Å². The third-order valence-corrected chi connectivity index (χ3v) is 3.07. The second-order valence-electron chi connectivity index (χ2n) is 3.44. The molecule has 0 spiro atoms. The maximum absolute atomic E-state index is 11.6. The van der Waals surface area contributed by atoms with E-state index >= 15 is 0 Å². The van der Waals surface area contributed by atoms with E-state index in [1.54, 1.807) is 11.3 Å². The van der Waals surface area contributed by atoms with Gasteiger partial charge in [0.15, 0.2) is 0 Å². The van der Waals surface area contributed by atoms with Crippen LogP contribution in [-0.2, 0) is 0 Å². The third-order valence-electron chi connectivity index (χ3n) is 2.10. The second-order valence-corrected chi connectivity index (χ2v) is 4.90. The van der Waals surface area contributed by atoms with Gasteiger partial charge in [-0.25, -0.2) is 0 Å². The molecule has 0 radical (unpaired) electrons. The Morgan fingerprint density at radius 3 is 2.71 bits per heavy atom. The number of nitrogens with one attached hydrogen (secondary N) is 1. The molecule has 0 aliphatic carbocycles. The van der Waals surface area contributed by atoms with Gasteiger partial charge in [-0.2, -0.15) is 0 Å². The molecule has 78 valence electrons. The number of hydrogen-bond donors (Lipinski definition) is 1. The molecular formula is C11H17NOS. The minimum atomic E-state index is 0.0697. The fraction of sp³-hybridized carbons (Fsp3) is 0.545. The number of carbonyl (C=O) groups excluding carboxylic acids is 1. The summed E-state index contributed by atoms with van der Waals surface area (Å²) in [6.45, 7) is 6.92. The number of thiophene rings is 1. The van der Waals surface area contributed by atoms with E-state index in [2.05, 4.69) is 12.2 Å². The Balaban J connectivity index is 2.56. The number of hydrogen-bond acceptors (Lipinski definition) is 2. The van der Waals surface area contributed by atoms with Crippen molar-refractivity contribution in [1.82, 2.24) is 5.32 Å². The van der Waals surface area contributed by atoms with Crippen molar-refractivity contribution in [3.63, 3.8) is 0 Å². The molecule has 0 aliphatic heterocycles. The van der Waals surface area contributed by atoms with Gasteiger partial charge in [0.25, 0.3) is 5.91 Å². The van der Waals surface area contributed by atoms with E-state index in [4.69, 9.17) is 0 Å². The van der Waals surface area contributed by atoms with E-state index in [-0.39, 0.29) is 5.91 Å². The SMILES string of the molecule is CCCCNC(=O)c1cc(C)sc1C. The van der Waals surface area contributed by atoms with Crippen LogP contribution in [0, 0.1) is 13.8 Å². The van der Waals surface area contributed by atoms with Gasteiger partial charge in [-0.3, -0.25) is 4.79 Å². The highest BCUT2D eigenvalue weighted by atomic mass is 32.1. The van der Waals surface area contributed by atoms with Crippen LogP contribution in [-0.4, -0.2) is 12.5 Å². The summed E-state index contributed by atoms with van der Waals surface area (Å²) in [6, 6.07) is 1.96. The third kappa shape index (κ3) is 2.84. The zero-order valence-electron chi connectivity index (χ0n) is 9.02. The average molecular weight is 211 g/mol. The van der Waals surface area contributed by atoms with Gasteiger partial charge in [-0.05, 0) is 26.3 Å². The summed E-state index contributed by atoms with van der Waals surface area (Å²) in [5, 5.41) is 2.92. The maximum Gasteiger partial charge on any atom is 0.252 e. The summed E-state index contributed by atoms with van der Waals surface area (Å²) in [5.41, 5.74) is 0.837. The van der Waals surface area contributed by atoms with Crippen LogP contribution in [0.4, 0.5) is 0 Å². The van der Waals surface area contributed by atoms with Gasteiger partial charge in [-0.15, -0.1) is 11.3 Å². The molecule has 14 heavy (non-hydrogen) atoms. The van der Waals surface area contributed by atoms with Crippen molar-refractivity contribution in [2.24, 2.45) is 0 Å². The quantitative estimate of drug-likeness (QED) is 0.762. The van der Waals surface area contributed by atoms with Crippen LogP contribution in [0.3, 0.4) is 0 Å². The Morgan fingerprint density at radius 2 is 2.21 bits per heavy atom. The first-order valence-electron chi connectivity index (χ1n) is 5.00. The Morgan fingerprint density at radius 1 is 1.50 bits per heavy atom. The van der Waals surface area contributed by atoms with E-state index in [1.165, 1.54) is 4.88 Å². The molecule has 1 aromatic rings. The van der Waals surface area contributed by atoms with Gasteiger partial charge in [0.05, 0.1) is 5.56 Å². The molecule has 0 atom stereocenters. The molecule has 1 rings (SSSR count). The lowest BCUT2D eigenvalue weighted by Crippen LogP contribution is -2.24. The van der Waals surface area contributed by atoms with Crippen molar-refractivity contribution in [2.45, 2.75) is 33.6 Å². The molecule has 0 saturated carbocycles. The molecule has 0 aromatic carbocycles. The highest BCUT2D eigenvalue weighted by Crippen LogP contribution is 2.20. The maximum atomic E-state index is 11.6. The largest absolute Gasteiger partial charge is 0.352 e. The first-order valence-corrected chi connectivity index (χ1v) is 5.82. The smallest absolute Gasteiger partial charge is 0.252 e. The average Bonchev–Trinajstić information content (AvgIpc) is 2.45. The summed E-state index contributed by atoms with van der Waals surface area (Å²) in [5.74, 6) is 0.0697. The molecule has 0 fully saturated rings. The van der Waals surface area contributed by atoms with Crippen molar-refractivity contribution in [3.8, 4) is 0 Å². The van der Waals surface area contributed by atoms with Crippen LogP contribution in [0.15, 0.2) is 6.07 Å². The molecule has 0 aliphatic rings. The number of aryl methyl sites for hydroxylation is 2. The number of amides is 1. The summed E-state index contributed by atoms with van der Waals surface area (Å²) in [6.07, 6.45) is 2.16. The lowest BCUT2D eigenvalue weighted by atomic mass is 10.2. The van der Waals surface area contributed by atoms with Gasteiger partial charge in [0.1, 0.15) is 0 Å². The van der Waals surface area contributed by atoms with Gasteiger partial charge < -0.3 is 5.32 Å². The topological polar surface area (TPSA) is 29.1 Å². The zero-order chi connectivity index (χ0) is 10.6. The van der Waals surface area contributed by atoms with Crippen molar-refractivity contribution >= 4 is 17.2 Å². The lowest BCUT2D eigenvalue weighted by Gasteiger charge is -2.02. The highest BCUT2D eigenvalue weighted by Gasteiger charge is 2.10. The van der Waals surface area contributed by atoms with E-state index < -0.39 is 0 Å². The Hall–Kier alpha value is -0.830.